The van der Waals surface area contributed by atoms with Gasteiger partial charge in [0.15, 0.2) is 0 Å². The number of carboxylic acid groups (broad SMARTS) is 2. The molecule has 0 radical (unpaired) electrons. The van der Waals surface area contributed by atoms with E-state index in [1.165, 1.54) is 0 Å². The Balaban J connectivity index is 2.33. The lowest BCUT2D eigenvalue weighted by Crippen LogP contribution is -2.11. The summed E-state index contributed by atoms with van der Waals surface area (Å²) < 4.78 is 0. The highest BCUT2D eigenvalue weighted by molar-refractivity contribution is 6.07. The van der Waals surface area contributed by atoms with Crippen LogP contribution in [0.15, 0.2) is 72.8 Å². The van der Waals surface area contributed by atoms with E-state index < -0.39 is 23.8 Å². The maximum Gasteiger partial charge on any atom is 0.328 e. The smallest absolute Gasteiger partial charge is 0.328 e. The second kappa shape index (κ2) is 9.48. The van der Waals surface area contributed by atoms with Gasteiger partial charge in [0.25, 0.3) is 0 Å². The average Bonchev–Trinajstić information content (AvgIpc) is 2.66. The lowest BCUT2D eigenvalue weighted by atomic mass is 10.0. The summed E-state index contributed by atoms with van der Waals surface area (Å²) >= 11 is 0. The third-order valence-corrected chi connectivity index (χ3v) is 3.41. The number of anilines is 2. The maximum absolute atomic E-state index is 11.9. The first-order valence-electron chi connectivity index (χ1n) is 7.99. The minimum Gasteiger partial charge on any atom is -0.478 e. The Kier molecular flexibility index (Phi) is 6.81. The van der Waals surface area contributed by atoms with Gasteiger partial charge in [-0.2, -0.15) is 0 Å². The molecule has 0 bridgehead atoms. The Hall–Kier alpha value is -4.20. The van der Waals surface area contributed by atoms with Crippen LogP contribution in [-0.4, -0.2) is 34.0 Å². The second-order valence-electron chi connectivity index (χ2n) is 5.41. The number of carbonyl (C=O) groups is 4. The van der Waals surface area contributed by atoms with Gasteiger partial charge in [0.1, 0.15) is 0 Å². The van der Waals surface area contributed by atoms with Crippen molar-refractivity contribution in [2.24, 2.45) is 0 Å². The fraction of sp³-hybridized carbons (Fsp3) is 0. The first kappa shape index (κ1) is 20.1. The molecule has 4 N–H and O–H groups in total. The van der Waals surface area contributed by atoms with Gasteiger partial charge in [0.05, 0.1) is 0 Å². The van der Waals surface area contributed by atoms with Gasteiger partial charge in [-0.15, -0.1) is 0 Å². The van der Waals surface area contributed by atoms with Gasteiger partial charge in [-0.25, -0.2) is 9.59 Å². The molecule has 0 spiro atoms. The molecule has 8 nitrogen and oxygen atoms in total. The molecule has 0 aromatic heterocycles. The molecule has 28 heavy (non-hydrogen) atoms. The molecule has 0 atom stereocenters. The summed E-state index contributed by atoms with van der Waals surface area (Å²) in [5.74, 6) is -3.74. The number of aliphatic carboxylic acids is 2. The number of carboxylic acids is 2. The monoisotopic (exact) mass is 380 g/mol. The van der Waals surface area contributed by atoms with E-state index in [-0.39, 0.29) is 0 Å². The molecule has 2 rings (SSSR count). The number of hydrogen-bond acceptors (Lipinski definition) is 4. The third kappa shape index (κ3) is 5.95. The van der Waals surface area contributed by atoms with Gasteiger partial charge in [-0.3, -0.25) is 9.59 Å². The molecular formula is C20H16N2O6. The van der Waals surface area contributed by atoms with Crippen LogP contribution in [-0.2, 0) is 19.2 Å². The summed E-state index contributed by atoms with van der Waals surface area (Å²) in [5, 5.41) is 22.4. The van der Waals surface area contributed by atoms with E-state index in [2.05, 4.69) is 10.6 Å². The molecule has 0 fully saturated rings. The fourth-order valence-electron chi connectivity index (χ4n) is 2.30. The Morgan fingerprint density at radius 3 is 1.32 bits per heavy atom. The number of carbonyl (C=O) groups excluding carboxylic acids is 2. The van der Waals surface area contributed by atoms with Gasteiger partial charge in [-0.05, 0) is 12.1 Å². The van der Waals surface area contributed by atoms with Crippen molar-refractivity contribution in [3.8, 4) is 11.1 Å². The van der Waals surface area contributed by atoms with Crippen LogP contribution >= 0.6 is 0 Å². The molecule has 2 aromatic rings. The molecule has 0 saturated heterocycles. The van der Waals surface area contributed by atoms with Gasteiger partial charge in [0.2, 0.25) is 11.8 Å². The number of nitrogens with one attached hydrogen (secondary N) is 2. The van der Waals surface area contributed by atoms with Crippen LogP contribution in [0.3, 0.4) is 0 Å². The molecule has 8 heteroatoms. The van der Waals surface area contributed by atoms with Crippen LogP contribution in [0.2, 0.25) is 0 Å². The normalized spacial score (nSPS) is 10.7. The van der Waals surface area contributed by atoms with Crippen LogP contribution in [0.4, 0.5) is 11.4 Å². The molecule has 0 aliphatic heterocycles. The van der Waals surface area contributed by atoms with Gasteiger partial charge < -0.3 is 20.8 Å². The maximum atomic E-state index is 11.9. The van der Waals surface area contributed by atoms with Crippen LogP contribution in [0.1, 0.15) is 0 Å². The van der Waals surface area contributed by atoms with E-state index in [4.69, 9.17) is 10.2 Å². The van der Waals surface area contributed by atoms with Crippen LogP contribution in [0.5, 0.6) is 0 Å². The topological polar surface area (TPSA) is 133 Å². The van der Waals surface area contributed by atoms with Crippen molar-refractivity contribution >= 4 is 35.1 Å². The molecule has 0 saturated carbocycles. The molecular weight excluding hydrogens is 364 g/mol. The summed E-state index contributed by atoms with van der Waals surface area (Å²) in [5.41, 5.74) is 1.98. The van der Waals surface area contributed by atoms with E-state index in [9.17, 15) is 19.2 Å². The highest BCUT2D eigenvalue weighted by atomic mass is 16.4. The predicted molar refractivity (Wildman–Crippen MR) is 103 cm³/mol. The van der Waals surface area contributed by atoms with E-state index in [0.717, 1.165) is 24.3 Å². The minimum atomic E-state index is -1.24. The van der Waals surface area contributed by atoms with Crippen molar-refractivity contribution in [3.63, 3.8) is 0 Å². The molecule has 0 aliphatic rings. The predicted octanol–water partition coefficient (Wildman–Crippen LogP) is 2.51. The van der Waals surface area contributed by atoms with E-state index >= 15 is 0 Å². The quantitative estimate of drug-likeness (QED) is 0.546. The van der Waals surface area contributed by atoms with Crippen molar-refractivity contribution in [1.82, 2.24) is 0 Å². The summed E-state index contributed by atoms with van der Waals surface area (Å²) in [6.45, 7) is 0. The Morgan fingerprint density at radius 2 is 0.964 bits per heavy atom. The summed E-state index contributed by atoms with van der Waals surface area (Å²) in [6, 6.07) is 13.5. The average molecular weight is 380 g/mol. The van der Waals surface area contributed by atoms with Crippen molar-refractivity contribution in [2.75, 3.05) is 10.6 Å². The highest BCUT2D eigenvalue weighted by Gasteiger charge is 2.12. The van der Waals surface area contributed by atoms with Crippen molar-refractivity contribution < 1.29 is 29.4 Å². The zero-order valence-corrected chi connectivity index (χ0v) is 14.5. The van der Waals surface area contributed by atoms with Crippen molar-refractivity contribution in [2.45, 2.75) is 0 Å². The highest BCUT2D eigenvalue weighted by Crippen LogP contribution is 2.33. The Labute approximate surface area is 159 Å². The van der Waals surface area contributed by atoms with Crippen LogP contribution in [0.25, 0.3) is 11.1 Å². The van der Waals surface area contributed by atoms with Gasteiger partial charge >= 0.3 is 11.9 Å². The van der Waals surface area contributed by atoms with Gasteiger partial charge in [0, 0.05) is 46.8 Å². The zero-order valence-electron chi connectivity index (χ0n) is 14.5. The summed E-state index contributed by atoms with van der Waals surface area (Å²) in [6.07, 6.45) is 3.23. The first-order chi connectivity index (χ1) is 13.4. The first-order valence-corrected chi connectivity index (χ1v) is 7.99. The summed E-state index contributed by atoms with van der Waals surface area (Å²) in [4.78, 5) is 44.9. The Morgan fingerprint density at radius 1 is 0.607 bits per heavy atom. The number of para-hydroxylation sites is 2. The fourth-order valence-corrected chi connectivity index (χ4v) is 2.30. The number of benzene rings is 2. The van der Waals surface area contributed by atoms with E-state index in [1.807, 2.05) is 0 Å². The number of rotatable bonds is 7. The van der Waals surface area contributed by atoms with E-state index in [0.29, 0.717) is 22.5 Å². The molecule has 2 aromatic carbocycles. The number of amides is 2. The number of hydrogen-bond donors (Lipinski definition) is 4. The van der Waals surface area contributed by atoms with Crippen LogP contribution < -0.4 is 10.6 Å². The minimum absolute atomic E-state index is 0.408. The van der Waals surface area contributed by atoms with Crippen LogP contribution in [0, 0.1) is 0 Å². The zero-order chi connectivity index (χ0) is 20.5. The Bertz CT molecular complexity index is 899. The van der Waals surface area contributed by atoms with Gasteiger partial charge in [-0.1, -0.05) is 36.4 Å². The largest absolute Gasteiger partial charge is 0.478 e. The lowest BCUT2D eigenvalue weighted by Gasteiger charge is -2.14. The van der Waals surface area contributed by atoms with Crippen molar-refractivity contribution in [1.29, 1.82) is 0 Å². The molecule has 2 amide bonds. The second-order valence-corrected chi connectivity index (χ2v) is 5.41. The lowest BCUT2D eigenvalue weighted by molar-refractivity contribution is -0.132. The third-order valence-electron chi connectivity index (χ3n) is 3.41. The molecule has 142 valence electrons. The van der Waals surface area contributed by atoms with Crippen molar-refractivity contribution in [3.05, 3.63) is 72.8 Å². The summed E-state index contributed by atoms with van der Waals surface area (Å²) in [7, 11) is 0. The molecule has 0 unspecified atom stereocenters. The SMILES string of the molecule is O=C(O)/C=C\C(=O)Nc1ccccc1-c1ccccc1NC(=O)/C=C/C(=O)O. The molecule has 0 heterocycles. The molecule has 0 aliphatic carbocycles. The van der Waals surface area contributed by atoms with E-state index in [1.54, 1.807) is 48.5 Å². The standard InChI is InChI=1S/C20H16N2O6/c23-17(9-11-19(25)26)21-15-7-3-1-5-13(15)14-6-2-4-8-16(14)22-18(24)10-12-20(27)28/h1-12H,(H,21,23)(H,22,24)(H,25,26)(H,27,28)/b11-9-,12-10+.